The van der Waals surface area contributed by atoms with Crippen LogP contribution < -0.4 is 56.5 Å². The Morgan fingerprint density at radius 1 is 1.50 bits per heavy atom. The van der Waals surface area contributed by atoms with E-state index in [1.54, 1.807) is 0 Å². The topological polar surface area (TPSA) is 23.1 Å². The molecule has 0 fully saturated rings. The summed E-state index contributed by atoms with van der Waals surface area (Å²) in [7, 11) is 0. The van der Waals surface area contributed by atoms with Gasteiger partial charge in [0.2, 0.25) is 0 Å². The summed E-state index contributed by atoms with van der Waals surface area (Å²) in [5.41, 5.74) is 0. The minimum absolute atomic E-state index is 0. The van der Waals surface area contributed by atoms with Crippen LogP contribution in [-0.4, -0.2) is 6.61 Å². The number of hydrogen-bond donors (Lipinski definition) is 0. The summed E-state index contributed by atoms with van der Waals surface area (Å²) < 4.78 is 0. The molecule has 0 unspecified atom stereocenters. The Bertz CT molecular complexity index is 15.0. The van der Waals surface area contributed by atoms with Gasteiger partial charge in [0.05, 0.1) is 0 Å². The monoisotopic (exact) mass is 112 g/mol. The SMILES string of the molecule is CCCC[O-].[K+]. The summed E-state index contributed by atoms with van der Waals surface area (Å²) in [6.07, 6.45) is 1.86. The van der Waals surface area contributed by atoms with E-state index in [0.717, 1.165) is 12.8 Å². The minimum Gasteiger partial charge on any atom is -0.854 e. The molecule has 32 valence electrons. The van der Waals surface area contributed by atoms with E-state index in [0.29, 0.717) is 0 Å². The molecule has 0 aliphatic rings. The van der Waals surface area contributed by atoms with Crippen LogP contribution in [0.4, 0.5) is 0 Å². The normalized spacial score (nSPS) is 7.00. The molecule has 0 aliphatic heterocycles. The van der Waals surface area contributed by atoms with Crippen molar-refractivity contribution in [2.45, 2.75) is 19.8 Å². The van der Waals surface area contributed by atoms with E-state index in [1.807, 2.05) is 6.92 Å². The van der Waals surface area contributed by atoms with Crippen molar-refractivity contribution >= 4 is 0 Å². The van der Waals surface area contributed by atoms with Crippen molar-refractivity contribution in [1.82, 2.24) is 0 Å². The predicted molar refractivity (Wildman–Crippen MR) is 19.8 cm³/mol. The Morgan fingerprint density at radius 2 is 2.00 bits per heavy atom. The zero-order chi connectivity index (χ0) is 4.12. The van der Waals surface area contributed by atoms with Gasteiger partial charge in [-0.15, -0.1) is 6.61 Å². The molecule has 0 aromatic carbocycles. The van der Waals surface area contributed by atoms with E-state index >= 15 is 0 Å². The van der Waals surface area contributed by atoms with Crippen molar-refractivity contribution in [2.24, 2.45) is 0 Å². The fourth-order valence-electron chi connectivity index (χ4n) is 0.144. The average molecular weight is 112 g/mol. The summed E-state index contributed by atoms with van der Waals surface area (Å²) in [4.78, 5) is 0. The van der Waals surface area contributed by atoms with Gasteiger partial charge in [-0.3, -0.25) is 0 Å². The van der Waals surface area contributed by atoms with Crippen molar-refractivity contribution in [3.8, 4) is 0 Å². The van der Waals surface area contributed by atoms with Gasteiger partial charge in [-0.2, -0.15) is 0 Å². The first-order chi connectivity index (χ1) is 2.41. The average Bonchev–Trinajstić information content (AvgIpc) is 1.41. The van der Waals surface area contributed by atoms with Gasteiger partial charge >= 0.3 is 51.4 Å². The summed E-state index contributed by atoms with van der Waals surface area (Å²) in [6, 6.07) is 0. The zero-order valence-corrected chi connectivity index (χ0v) is 7.65. The summed E-state index contributed by atoms with van der Waals surface area (Å²) in [5, 5.41) is 9.53. The minimum atomic E-state index is 0. The Balaban J connectivity index is 0. The molecule has 0 heterocycles. The van der Waals surface area contributed by atoms with Crippen LogP contribution in [0.1, 0.15) is 19.8 Å². The molecule has 0 radical (unpaired) electrons. The van der Waals surface area contributed by atoms with Crippen LogP contribution in [0.5, 0.6) is 0 Å². The van der Waals surface area contributed by atoms with E-state index in [4.69, 9.17) is 0 Å². The van der Waals surface area contributed by atoms with E-state index in [-0.39, 0.29) is 58.0 Å². The Hall–Kier alpha value is 1.60. The van der Waals surface area contributed by atoms with Crippen LogP contribution in [0.15, 0.2) is 0 Å². The van der Waals surface area contributed by atoms with Crippen LogP contribution >= 0.6 is 0 Å². The number of hydrogen-bond acceptors (Lipinski definition) is 1. The van der Waals surface area contributed by atoms with Crippen molar-refractivity contribution in [2.75, 3.05) is 6.61 Å². The second kappa shape index (κ2) is 9.78. The molecule has 0 bridgehead atoms. The van der Waals surface area contributed by atoms with Crippen LogP contribution in [0, 0.1) is 0 Å². The summed E-state index contributed by atoms with van der Waals surface area (Å²) >= 11 is 0. The maximum absolute atomic E-state index is 9.53. The molecular weight excluding hydrogens is 103 g/mol. The second-order valence-corrected chi connectivity index (χ2v) is 1.06. The Labute approximate surface area is 81.6 Å². The maximum atomic E-state index is 9.53. The molecule has 0 spiro atoms. The zero-order valence-electron chi connectivity index (χ0n) is 4.53. The second-order valence-electron chi connectivity index (χ2n) is 1.06. The molecule has 0 aromatic rings. The first-order valence-corrected chi connectivity index (χ1v) is 2.00. The van der Waals surface area contributed by atoms with Crippen LogP contribution in [0.2, 0.25) is 0 Å². The van der Waals surface area contributed by atoms with E-state index in [2.05, 4.69) is 0 Å². The standard InChI is InChI=1S/C4H9O.K/c1-2-3-4-5;/h2-4H2,1H3;/q-1;+1. The molecule has 0 saturated carbocycles. The van der Waals surface area contributed by atoms with Gasteiger partial charge in [0.25, 0.3) is 0 Å². The van der Waals surface area contributed by atoms with Crippen LogP contribution in [0.3, 0.4) is 0 Å². The summed E-state index contributed by atoms with van der Waals surface area (Å²) in [5.74, 6) is 0. The van der Waals surface area contributed by atoms with Gasteiger partial charge in [-0.25, -0.2) is 0 Å². The van der Waals surface area contributed by atoms with Crippen molar-refractivity contribution < 1.29 is 56.5 Å². The van der Waals surface area contributed by atoms with Crippen LogP contribution in [0.25, 0.3) is 0 Å². The fraction of sp³-hybridized carbons (Fsp3) is 1.00. The molecule has 0 atom stereocenters. The summed E-state index contributed by atoms with van der Waals surface area (Å²) in [6.45, 7) is 2.11. The molecular formula is C4H9KO. The molecule has 6 heavy (non-hydrogen) atoms. The third kappa shape index (κ3) is 9.14. The third-order valence-corrected chi connectivity index (χ3v) is 0.498. The first-order valence-electron chi connectivity index (χ1n) is 2.00. The molecule has 0 N–H and O–H groups in total. The largest absolute Gasteiger partial charge is 1.00 e. The van der Waals surface area contributed by atoms with E-state index in [1.165, 1.54) is 0 Å². The smallest absolute Gasteiger partial charge is 0.854 e. The van der Waals surface area contributed by atoms with E-state index in [9.17, 15) is 5.11 Å². The fourth-order valence-corrected chi connectivity index (χ4v) is 0.144. The number of rotatable bonds is 2. The van der Waals surface area contributed by atoms with Gasteiger partial charge in [0, 0.05) is 0 Å². The van der Waals surface area contributed by atoms with Gasteiger partial charge in [0.1, 0.15) is 0 Å². The van der Waals surface area contributed by atoms with Crippen LogP contribution in [-0.2, 0) is 0 Å². The predicted octanol–water partition coefficient (Wildman–Crippen LogP) is -2.85. The molecule has 1 nitrogen and oxygen atoms in total. The number of unbranched alkanes of at least 4 members (excludes halogenated alkanes) is 1. The maximum Gasteiger partial charge on any atom is 1.00 e. The molecule has 2 heteroatoms. The first kappa shape index (κ1) is 10.6. The van der Waals surface area contributed by atoms with Crippen molar-refractivity contribution in [3.05, 3.63) is 0 Å². The molecule has 0 aliphatic carbocycles. The Kier molecular flexibility index (Phi) is 17.2. The van der Waals surface area contributed by atoms with Gasteiger partial charge in [0.15, 0.2) is 0 Å². The van der Waals surface area contributed by atoms with Gasteiger partial charge < -0.3 is 5.11 Å². The third-order valence-electron chi connectivity index (χ3n) is 0.498. The van der Waals surface area contributed by atoms with E-state index < -0.39 is 0 Å². The van der Waals surface area contributed by atoms with Crippen molar-refractivity contribution in [1.29, 1.82) is 0 Å². The quantitative estimate of drug-likeness (QED) is 0.353. The molecule has 0 rings (SSSR count). The van der Waals surface area contributed by atoms with Crippen molar-refractivity contribution in [3.63, 3.8) is 0 Å². The van der Waals surface area contributed by atoms with Gasteiger partial charge in [-0.1, -0.05) is 19.8 Å². The molecule has 0 aromatic heterocycles. The Morgan fingerprint density at radius 3 is 2.00 bits per heavy atom. The molecule has 0 saturated heterocycles. The van der Waals surface area contributed by atoms with Gasteiger partial charge in [-0.05, 0) is 0 Å². The molecule has 0 amide bonds.